The zero-order chi connectivity index (χ0) is 23.5. The third-order valence-electron chi connectivity index (χ3n) is 6.67. The number of halogens is 1. The van der Waals surface area contributed by atoms with Crippen LogP contribution in [-0.4, -0.2) is 67.1 Å². The predicted molar refractivity (Wildman–Crippen MR) is 142 cm³/mol. The summed E-state index contributed by atoms with van der Waals surface area (Å²) in [5, 5.41) is 2.19. The minimum absolute atomic E-state index is 0. The second-order valence-electron chi connectivity index (χ2n) is 8.95. The maximum absolute atomic E-state index is 12.8. The Balaban J connectivity index is 0.00000216. The van der Waals surface area contributed by atoms with Crippen molar-refractivity contribution in [2.45, 2.75) is 33.2 Å². The molecule has 190 valence electrons. The van der Waals surface area contributed by atoms with Gasteiger partial charge in [0, 0.05) is 43.0 Å². The zero-order valence-electron chi connectivity index (χ0n) is 21.2. The third-order valence-corrected chi connectivity index (χ3v) is 6.67. The average Bonchev–Trinajstić information content (AvgIpc) is 3.11. The molecule has 35 heavy (non-hydrogen) atoms. The van der Waals surface area contributed by atoms with E-state index in [4.69, 9.17) is 9.47 Å². The number of amides is 1. The molecule has 0 radical (unpaired) electrons. The van der Waals surface area contributed by atoms with Crippen molar-refractivity contribution in [3.63, 3.8) is 0 Å². The molecule has 1 aromatic heterocycles. The standard InChI is InChI=1S/C27H33N3O3.ClH.H2O/c1-18-11-22-17-30(27(31)24(22)12-19(18)2)9-6-8-29(3)10-7-20-15-28-16-21-13-25(32-4)26(33-5)14-23(20)21;;/h11-16H,6-10,17H2,1-5H3;1H;1H2. The van der Waals surface area contributed by atoms with Gasteiger partial charge in [0.05, 0.1) is 14.2 Å². The number of hydrogen-bond donors (Lipinski definition) is 0. The maximum atomic E-state index is 12.8. The fourth-order valence-electron chi connectivity index (χ4n) is 4.54. The number of rotatable bonds is 9. The smallest absolute Gasteiger partial charge is 0.254 e. The Bertz CT molecular complexity index is 1180. The van der Waals surface area contributed by atoms with Gasteiger partial charge in [-0.15, -0.1) is 12.4 Å². The Morgan fingerprint density at radius 3 is 2.40 bits per heavy atom. The number of pyridine rings is 1. The summed E-state index contributed by atoms with van der Waals surface area (Å²) in [6, 6.07) is 8.22. The number of ether oxygens (including phenoxy) is 2. The Kier molecular flexibility index (Phi) is 9.89. The molecule has 2 heterocycles. The minimum Gasteiger partial charge on any atom is -0.493 e. The van der Waals surface area contributed by atoms with Gasteiger partial charge in [-0.05, 0) is 86.1 Å². The molecule has 1 amide bonds. The Labute approximate surface area is 213 Å². The van der Waals surface area contributed by atoms with Crippen molar-refractivity contribution in [2.24, 2.45) is 0 Å². The number of fused-ring (bicyclic) bond motifs is 2. The van der Waals surface area contributed by atoms with Crippen LogP contribution in [0.3, 0.4) is 0 Å². The number of likely N-dealkylation sites (N-methyl/N-ethyl adjacent to an activating group) is 1. The highest BCUT2D eigenvalue weighted by atomic mass is 35.5. The predicted octanol–water partition coefficient (Wildman–Crippen LogP) is 3.99. The molecule has 0 fully saturated rings. The number of methoxy groups -OCH3 is 2. The van der Waals surface area contributed by atoms with Crippen LogP contribution in [0.15, 0.2) is 36.7 Å². The molecule has 0 aliphatic carbocycles. The van der Waals surface area contributed by atoms with Crippen LogP contribution in [0.2, 0.25) is 0 Å². The molecule has 0 bridgehead atoms. The zero-order valence-corrected chi connectivity index (χ0v) is 22.0. The van der Waals surface area contributed by atoms with Crippen LogP contribution in [0.4, 0.5) is 0 Å². The van der Waals surface area contributed by atoms with Crippen molar-refractivity contribution in [3.8, 4) is 11.5 Å². The summed E-state index contributed by atoms with van der Waals surface area (Å²) in [4.78, 5) is 21.5. The van der Waals surface area contributed by atoms with Crippen molar-refractivity contribution in [2.75, 3.05) is 40.9 Å². The first-order valence-electron chi connectivity index (χ1n) is 11.5. The SMILES string of the molecule is COc1cc2cncc(CCN(C)CCCN3Cc4cc(C)c(C)cc4C3=O)c2cc1OC.Cl.O. The van der Waals surface area contributed by atoms with Gasteiger partial charge < -0.3 is 24.7 Å². The topological polar surface area (TPSA) is 86.4 Å². The maximum Gasteiger partial charge on any atom is 0.254 e. The van der Waals surface area contributed by atoms with Gasteiger partial charge in [0.1, 0.15) is 0 Å². The number of benzene rings is 2. The number of carbonyl (C=O) groups is 1. The largest absolute Gasteiger partial charge is 0.493 e. The van der Waals surface area contributed by atoms with Crippen molar-refractivity contribution in [1.82, 2.24) is 14.8 Å². The highest BCUT2D eigenvalue weighted by Gasteiger charge is 2.27. The van der Waals surface area contributed by atoms with Crippen LogP contribution in [0.5, 0.6) is 11.5 Å². The molecular weight excluding hydrogens is 466 g/mol. The average molecular weight is 502 g/mol. The van der Waals surface area contributed by atoms with Gasteiger partial charge in [0.15, 0.2) is 11.5 Å². The van der Waals surface area contributed by atoms with E-state index in [0.29, 0.717) is 5.75 Å². The first-order valence-corrected chi connectivity index (χ1v) is 11.5. The van der Waals surface area contributed by atoms with Crippen LogP contribution >= 0.6 is 12.4 Å². The van der Waals surface area contributed by atoms with Crippen LogP contribution in [0.25, 0.3) is 10.8 Å². The number of nitrogens with zero attached hydrogens (tertiary/aromatic N) is 3. The lowest BCUT2D eigenvalue weighted by Gasteiger charge is -2.20. The van der Waals surface area contributed by atoms with Crippen LogP contribution in [0.1, 0.15) is 39.0 Å². The van der Waals surface area contributed by atoms with Crippen molar-refractivity contribution < 1.29 is 19.7 Å². The summed E-state index contributed by atoms with van der Waals surface area (Å²) < 4.78 is 10.9. The molecular formula is C27H36ClN3O4. The van der Waals surface area contributed by atoms with E-state index in [2.05, 4.69) is 36.8 Å². The molecule has 2 N–H and O–H groups in total. The van der Waals surface area contributed by atoms with Crippen LogP contribution in [-0.2, 0) is 13.0 Å². The molecule has 0 atom stereocenters. The number of aromatic nitrogens is 1. The first-order chi connectivity index (χ1) is 15.9. The molecule has 2 aromatic carbocycles. The molecule has 3 aromatic rings. The Hall–Kier alpha value is -2.87. The lowest BCUT2D eigenvalue weighted by Crippen LogP contribution is -2.29. The second kappa shape index (κ2) is 12.2. The van der Waals surface area contributed by atoms with Gasteiger partial charge in [-0.25, -0.2) is 0 Å². The van der Waals surface area contributed by atoms with Crippen molar-refractivity contribution in [1.29, 1.82) is 0 Å². The monoisotopic (exact) mass is 501 g/mol. The fourth-order valence-corrected chi connectivity index (χ4v) is 4.54. The van der Waals surface area contributed by atoms with Crippen LogP contribution in [0, 0.1) is 13.8 Å². The fraction of sp³-hybridized carbons (Fsp3) is 0.407. The van der Waals surface area contributed by atoms with E-state index in [1.165, 1.54) is 16.7 Å². The van der Waals surface area contributed by atoms with E-state index in [-0.39, 0.29) is 23.8 Å². The summed E-state index contributed by atoms with van der Waals surface area (Å²) in [7, 11) is 5.44. The molecule has 0 spiro atoms. The molecule has 1 aliphatic rings. The number of hydrogen-bond acceptors (Lipinski definition) is 5. The summed E-state index contributed by atoms with van der Waals surface area (Å²) >= 11 is 0. The van der Waals surface area contributed by atoms with Gasteiger partial charge in [-0.1, -0.05) is 6.07 Å². The molecule has 0 saturated heterocycles. The number of carbonyl (C=O) groups excluding carboxylic acids is 1. The summed E-state index contributed by atoms with van der Waals surface area (Å²) in [5.41, 5.74) is 5.66. The van der Waals surface area contributed by atoms with E-state index in [1.807, 2.05) is 35.5 Å². The number of aryl methyl sites for hydroxylation is 2. The lowest BCUT2D eigenvalue weighted by molar-refractivity contribution is 0.0772. The Morgan fingerprint density at radius 1 is 1.00 bits per heavy atom. The molecule has 7 nitrogen and oxygen atoms in total. The highest BCUT2D eigenvalue weighted by Crippen LogP contribution is 2.33. The minimum atomic E-state index is 0. The van der Waals surface area contributed by atoms with Gasteiger partial charge in [-0.2, -0.15) is 0 Å². The first kappa shape index (κ1) is 28.4. The van der Waals surface area contributed by atoms with Crippen molar-refractivity contribution in [3.05, 3.63) is 64.5 Å². The quantitative estimate of drug-likeness (QED) is 0.442. The Morgan fingerprint density at radius 2 is 1.69 bits per heavy atom. The van der Waals surface area contributed by atoms with Crippen molar-refractivity contribution >= 4 is 29.1 Å². The van der Waals surface area contributed by atoms with E-state index in [9.17, 15) is 4.79 Å². The van der Waals surface area contributed by atoms with Gasteiger partial charge in [-0.3, -0.25) is 9.78 Å². The molecule has 0 saturated carbocycles. The van der Waals surface area contributed by atoms with Gasteiger partial charge in [0.2, 0.25) is 0 Å². The normalized spacial score (nSPS) is 12.4. The second-order valence-corrected chi connectivity index (χ2v) is 8.95. The third kappa shape index (κ3) is 6.04. The van der Waals surface area contributed by atoms with E-state index >= 15 is 0 Å². The molecule has 8 heteroatoms. The van der Waals surface area contributed by atoms with E-state index in [1.54, 1.807) is 14.2 Å². The van der Waals surface area contributed by atoms with E-state index in [0.717, 1.165) is 66.7 Å². The molecule has 4 rings (SSSR count). The summed E-state index contributed by atoms with van der Waals surface area (Å²) in [6.45, 7) is 7.54. The summed E-state index contributed by atoms with van der Waals surface area (Å²) in [6.07, 6.45) is 5.64. The molecule has 0 unspecified atom stereocenters. The lowest BCUT2D eigenvalue weighted by atomic mass is 10.0. The highest BCUT2D eigenvalue weighted by molar-refractivity contribution is 5.98. The van der Waals surface area contributed by atoms with Crippen LogP contribution < -0.4 is 9.47 Å². The van der Waals surface area contributed by atoms with E-state index < -0.39 is 0 Å². The van der Waals surface area contributed by atoms with Gasteiger partial charge in [0.25, 0.3) is 5.91 Å². The summed E-state index contributed by atoms with van der Waals surface area (Å²) in [5.74, 6) is 1.61. The molecule has 1 aliphatic heterocycles. The van der Waals surface area contributed by atoms with Gasteiger partial charge >= 0.3 is 0 Å².